The average Bonchev–Trinajstić information content (AvgIpc) is 3.18. The second-order valence-electron chi connectivity index (χ2n) is 7.65. The number of benzene rings is 2. The van der Waals surface area contributed by atoms with Crippen LogP contribution in [0.5, 0.6) is 5.75 Å². The summed E-state index contributed by atoms with van der Waals surface area (Å²) in [5, 5.41) is 2.95. The van der Waals surface area contributed by atoms with Crippen LogP contribution in [0.4, 0.5) is 0 Å². The molecule has 0 spiro atoms. The van der Waals surface area contributed by atoms with Gasteiger partial charge in [-0.3, -0.25) is 9.59 Å². The highest BCUT2D eigenvalue weighted by molar-refractivity contribution is 7.89. The van der Waals surface area contributed by atoms with E-state index >= 15 is 0 Å². The summed E-state index contributed by atoms with van der Waals surface area (Å²) in [5.41, 5.74) is 1.60. The number of ether oxygens (including phenoxy) is 1. The first-order valence-corrected chi connectivity index (χ1v) is 12.7. The van der Waals surface area contributed by atoms with Crippen molar-refractivity contribution >= 4 is 37.5 Å². The monoisotopic (exact) mass is 475 g/mol. The third-order valence-corrected chi connectivity index (χ3v) is 8.30. The normalized spacial score (nSPS) is 15.7. The second kappa shape index (κ2) is 9.43. The quantitative estimate of drug-likeness (QED) is 0.546. The molecule has 32 heavy (non-hydrogen) atoms. The van der Waals surface area contributed by atoms with E-state index in [2.05, 4.69) is 10.3 Å². The maximum Gasteiger partial charge on any atom is 0.305 e. The van der Waals surface area contributed by atoms with Crippen molar-refractivity contribution in [3.8, 4) is 5.75 Å². The van der Waals surface area contributed by atoms with E-state index in [9.17, 15) is 18.0 Å². The van der Waals surface area contributed by atoms with E-state index < -0.39 is 10.0 Å². The molecule has 1 aliphatic rings. The molecule has 2 N–H and O–H groups in total. The fourth-order valence-corrected chi connectivity index (χ4v) is 6.14. The molecule has 1 amide bonds. The van der Waals surface area contributed by atoms with Gasteiger partial charge in [0, 0.05) is 25.6 Å². The summed E-state index contributed by atoms with van der Waals surface area (Å²) in [7, 11) is -3.68. The van der Waals surface area contributed by atoms with Crippen molar-refractivity contribution in [1.29, 1.82) is 0 Å². The molecule has 10 heteroatoms. The van der Waals surface area contributed by atoms with Gasteiger partial charge in [0.15, 0.2) is 0 Å². The summed E-state index contributed by atoms with van der Waals surface area (Å²) in [6, 6.07) is 12.2. The molecule has 0 aliphatic carbocycles. The topological polar surface area (TPSA) is 109 Å². The highest BCUT2D eigenvalue weighted by Gasteiger charge is 2.32. The number of aromatic amines is 1. The minimum atomic E-state index is -3.68. The molecular formula is C22H25N3O5S2. The third kappa shape index (κ3) is 4.87. The van der Waals surface area contributed by atoms with Crippen LogP contribution in [-0.4, -0.2) is 43.3 Å². The number of nitrogens with one attached hydrogen (secondary N) is 2. The summed E-state index contributed by atoms with van der Waals surface area (Å²) < 4.78 is 33.5. The van der Waals surface area contributed by atoms with Gasteiger partial charge < -0.3 is 15.0 Å². The van der Waals surface area contributed by atoms with Crippen molar-refractivity contribution < 1.29 is 17.9 Å². The summed E-state index contributed by atoms with van der Waals surface area (Å²) in [4.78, 5) is 26.7. The highest BCUT2D eigenvalue weighted by Crippen LogP contribution is 2.26. The van der Waals surface area contributed by atoms with Gasteiger partial charge in [0.1, 0.15) is 5.75 Å². The summed E-state index contributed by atoms with van der Waals surface area (Å²) in [6.07, 6.45) is 0.933. The molecule has 1 aliphatic heterocycles. The van der Waals surface area contributed by atoms with E-state index in [1.54, 1.807) is 6.07 Å². The van der Waals surface area contributed by atoms with Crippen LogP contribution in [0.25, 0.3) is 10.2 Å². The van der Waals surface area contributed by atoms with Crippen molar-refractivity contribution in [1.82, 2.24) is 14.6 Å². The van der Waals surface area contributed by atoms with Gasteiger partial charge in [-0.05, 0) is 55.7 Å². The number of carbonyl (C=O) groups excluding carboxylic acids is 1. The molecule has 0 unspecified atom stereocenters. The number of fused-ring (bicyclic) bond motifs is 1. The van der Waals surface area contributed by atoms with Crippen LogP contribution in [0.3, 0.4) is 0 Å². The Labute approximate surface area is 190 Å². The van der Waals surface area contributed by atoms with Crippen molar-refractivity contribution in [3.63, 3.8) is 0 Å². The molecular weight excluding hydrogens is 450 g/mol. The van der Waals surface area contributed by atoms with E-state index in [-0.39, 0.29) is 34.7 Å². The average molecular weight is 476 g/mol. The van der Waals surface area contributed by atoms with Crippen molar-refractivity contribution in [2.24, 2.45) is 5.92 Å². The largest absolute Gasteiger partial charge is 0.494 e. The zero-order valence-electron chi connectivity index (χ0n) is 17.7. The number of aromatic nitrogens is 1. The number of thiazole rings is 1. The molecule has 0 bridgehead atoms. The molecule has 1 aromatic heterocycles. The minimum absolute atomic E-state index is 0.0607. The molecule has 170 valence electrons. The number of H-pyrrole nitrogens is 1. The van der Waals surface area contributed by atoms with Gasteiger partial charge in [-0.1, -0.05) is 23.5 Å². The Balaban J connectivity index is 1.33. The van der Waals surface area contributed by atoms with Crippen LogP contribution in [-0.2, 0) is 21.4 Å². The maximum atomic E-state index is 13.0. The van der Waals surface area contributed by atoms with Crippen LogP contribution in [0, 0.1) is 5.92 Å². The molecule has 0 atom stereocenters. The SMILES string of the molecule is CCOc1ccc(CNC(=O)C2CCN(S(=O)(=O)c3ccc4[nH]c(=O)sc4c3)CC2)cc1. The first kappa shape index (κ1) is 22.5. The fourth-order valence-electron chi connectivity index (χ4n) is 3.80. The number of nitrogens with zero attached hydrogens (tertiary/aromatic N) is 1. The second-order valence-corrected chi connectivity index (χ2v) is 10.6. The minimum Gasteiger partial charge on any atom is -0.494 e. The lowest BCUT2D eigenvalue weighted by atomic mass is 9.97. The Morgan fingerprint density at radius 2 is 1.91 bits per heavy atom. The van der Waals surface area contributed by atoms with Gasteiger partial charge in [-0.2, -0.15) is 4.31 Å². The van der Waals surface area contributed by atoms with Gasteiger partial charge >= 0.3 is 4.87 Å². The van der Waals surface area contributed by atoms with Gasteiger partial charge in [-0.15, -0.1) is 0 Å². The molecule has 3 aromatic rings. The smallest absolute Gasteiger partial charge is 0.305 e. The first-order valence-electron chi connectivity index (χ1n) is 10.5. The van der Waals surface area contributed by atoms with Gasteiger partial charge in [0.2, 0.25) is 15.9 Å². The number of amides is 1. The molecule has 1 fully saturated rings. The number of piperidine rings is 1. The van der Waals surface area contributed by atoms with Crippen molar-refractivity contribution in [3.05, 3.63) is 57.7 Å². The van der Waals surface area contributed by atoms with E-state index in [0.29, 0.717) is 36.2 Å². The van der Waals surface area contributed by atoms with Gasteiger partial charge in [0.05, 0.1) is 21.7 Å². The van der Waals surface area contributed by atoms with Crippen LogP contribution in [0.15, 0.2) is 52.2 Å². The zero-order chi connectivity index (χ0) is 22.7. The molecule has 1 saturated heterocycles. The molecule has 4 rings (SSSR count). The lowest BCUT2D eigenvalue weighted by molar-refractivity contribution is -0.126. The third-order valence-electron chi connectivity index (χ3n) is 5.56. The summed E-state index contributed by atoms with van der Waals surface area (Å²) in [6.45, 7) is 3.51. The Morgan fingerprint density at radius 3 is 2.59 bits per heavy atom. The lowest BCUT2D eigenvalue weighted by Crippen LogP contribution is -2.42. The molecule has 2 aromatic carbocycles. The number of rotatable bonds is 7. The Hall–Kier alpha value is -2.69. The van der Waals surface area contributed by atoms with Gasteiger partial charge in [-0.25, -0.2) is 8.42 Å². The number of hydrogen-bond donors (Lipinski definition) is 2. The predicted molar refractivity (Wildman–Crippen MR) is 123 cm³/mol. The Kier molecular flexibility index (Phi) is 6.63. The first-order chi connectivity index (χ1) is 15.4. The highest BCUT2D eigenvalue weighted by atomic mass is 32.2. The number of hydrogen-bond acceptors (Lipinski definition) is 6. The van der Waals surface area contributed by atoms with Crippen LogP contribution < -0.4 is 14.9 Å². The molecule has 0 radical (unpaired) electrons. The van der Waals surface area contributed by atoms with Gasteiger partial charge in [0.25, 0.3) is 0 Å². The molecule has 0 saturated carbocycles. The number of sulfonamides is 1. The van der Waals surface area contributed by atoms with E-state index in [1.165, 1.54) is 16.4 Å². The Bertz CT molecular complexity index is 1260. The molecule has 8 nitrogen and oxygen atoms in total. The molecule has 2 heterocycles. The van der Waals surface area contributed by atoms with E-state index in [0.717, 1.165) is 22.6 Å². The number of carbonyl (C=O) groups is 1. The van der Waals surface area contributed by atoms with E-state index in [4.69, 9.17) is 4.74 Å². The van der Waals surface area contributed by atoms with Crippen LogP contribution in [0.1, 0.15) is 25.3 Å². The standard InChI is InChI=1S/C22H25N3O5S2/c1-2-30-17-5-3-15(4-6-17)14-23-21(26)16-9-11-25(12-10-16)32(28,29)18-7-8-19-20(13-18)31-22(27)24-19/h3-8,13,16H,2,9-12,14H2,1H3,(H,23,26)(H,24,27). The maximum absolute atomic E-state index is 13.0. The van der Waals surface area contributed by atoms with Crippen LogP contribution >= 0.6 is 11.3 Å². The zero-order valence-corrected chi connectivity index (χ0v) is 19.3. The summed E-state index contributed by atoms with van der Waals surface area (Å²) >= 11 is 0.986. The van der Waals surface area contributed by atoms with Crippen molar-refractivity contribution in [2.75, 3.05) is 19.7 Å². The summed E-state index contributed by atoms with van der Waals surface area (Å²) in [5.74, 6) is 0.511. The fraction of sp³-hybridized carbons (Fsp3) is 0.364. The lowest BCUT2D eigenvalue weighted by Gasteiger charge is -2.30. The van der Waals surface area contributed by atoms with Crippen molar-refractivity contribution in [2.45, 2.75) is 31.2 Å². The van der Waals surface area contributed by atoms with Crippen LogP contribution in [0.2, 0.25) is 0 Å². The van der Waals surface area contributed by atoms with E-state index in [1.807, 2.05) is 31.2 Å². The Morgan fingerprint density at radius 1 is 1.19 bits per heavy atom. The predicted octanol–water partition coefficient (Wildman–Crippen LogP) is 2.71.